The summed E-state index contributed by atoms with van der Waals surface area (Å²) in [6.45, 7) is 1.88. The molecule has 1 aromatic carbocycles. The van der Waals surface area contributed by atoms with Crippen LogP contribution in [0.2, 0.25) is 0 Å². The first-order valence-electron chi connectivity index (χ1n) is 4.64. The molecule has 0 spiro atoms. The zero-order valence-electron chi connectivity index (χ0n) is 8.27. The molecule has 0 radical (unpaired) electrons. The summed E-state index contributed by atoms with van der Waals surface area (Å²) in [5.41, 5.74) is 7.35. The normalized spacial score (nSPS) is 12.7. The molecule has 0 saturated carbocycles. The highest BCUT2D eigenvalue weighted by Crippen LogP contribution is 2.25. The van der Waals surface area contributed by atoms with Gasteiger partial charge in [0.2, 0.25) is 0 Å². The topological polar surface area (TPSA) is 38.9 Å². The summed E-state index contributed by atoms with van der Waals surface area (Å²) in [4.78, 5) is 4.35. The van der Waals surface area contributed by atoms with Crippen LogP contribution in [-0.2, 0) is 0 Å². The molecule has 0 bridgehead atoms. The first-order valence-corrected chi connectivity index (χ1v) is 5.52. The molecule has 2 rings (SSSR count). The SMILES string of the molecule is CC(N)c1csc(-c2cccc(F)c2)n1. The minimum atomic E-state index is -0.245. The van der Waals surface area contributed by atoms with Crippen LogP contribution in [0.4, 0.5) is 4.39 Å². The quantitative estimate of drug-likeness (QED) is 0.848. The monoisotopic (exact) mass is 222 g/mol. The van der Waals surface area contributed by atoms with Gasteiger partial charge >= 0.3 is 0 Å². The Morgan fingerprint density at radius 2 is 2.27 bits per heavy atom. The van der Waals surface area contributed by atoms with Crippen molar-refractivity contribution in [3.8, 4) is 10.6 Å². The number of rotatable bonds is 2. The van der Waals surface area contributed by atoms with Gasteiger partial charge in [0, 0.05) is 17.0 Å². The second-order valence-corrected chi connectivity index (χ2v) is 4.23. The molecule has 0 fully saturated rings. The van der Waals surface area contributed by atoms with Gasteiger partial charge in [-0.1, -0.05) is 12.1 Å². The predicted molar refractivity (Wildman–Crippen MR) is 60.1 cm³/mol. The molecule has 2 N–H and O–H groups in total. The molecule has 4 heteroatoms. The Kier molecular flexibility index (Phi) is 2.79. The molecular weight excluding hydrogens is 211 g/mol. The zero-order chi connectivity index (χ0) is 10.8. The van der Waals surface area contributed by atoms with Gasteiger partial charge in [-0.05, 0) is 19.1 Å². The van der Waals surface area contributed by atoms with Gasteiger partial charge in [0.05, 0.1) is 5.69 Å². The van der Waals surface area contributed by atoms with Crippen molar-refractivity contribution in [1.29, 1.82) is 0 Å². The highest BCUT2D eigenvalue weighted by molar-refractivity contribution is 7.13. The maximum absolute atomic E-state index is 13.0. The Morgan fingerprint density at radius 3 is 2.87 bits per heavy atom. The molecular formula is C11H11FN2S. The van der Waals surface area contributed by atoms with E-state index in [2.05, 4.69) is 4.98 Å². The number of benzene rings is 1. The van der Waals surface area contributed by atoms with Crippen LogP contribution >= 0.6 is 11.3 Å². The van der Waals surface area contributed by atoms with Crippen molar-refractivity contribution in [3.05, 3.63) is 41.2 Å². The van der Waals surface area contributed by atoms with Crippen molar-refractivity contribution in [3.63, 3.8) is 0 Å². The highest BCUT2D eigenvalue weighted by atomic mass is 32.1. The summed E-state index contributed by atoms with van der Waals surface area (Å²) in [6.07, 6.45) is 0. The van der Waals surface area contributed by atoms with Gasteiger partial charge < -0.3 is 5.73 Å². The summed E-state index contributed by atoms with van der Waals surface area (Å²) in [7, 11) is 0. The van der Waals surface area contributed by atoms with Gasteiger partial charge in [-0.2, -0.15) is 0 Å². The average Bonchev–Trinajstić information content (AvgIpc) is 2.66. The summed E-state index contributed by atoms with van der Waals surface area (Å²) in [5, 5.41) is 2.71. The molecule has 15 heavy (non-hydrogen) atoms. The van der Waals surface area contributed by atoms with E-state index in [9.17, 15) is 4.39 Å². The summed E-state index contributed by atoms with van der Waals surface area (Å²) >= 11 is 1.48. The molecule has 0 aliphatic rings. The summed E-state index contributed by atoms with van der Waals surface area (Å²) in [6, 6.07) is 6.33. The average molecular weight is 222 g/mol. The number of hydrogen-bond acceptors (Lipinski definition) is 3. The lowest BCUT2D eigenvalue weighted by atomic mass is 10.2. The first kappa shape index (κ1) is 10.3. The Balaban J connectivity index is 2.37. The smallest absolute Gasteiger partial charge is 0.123 e. The van der Waals surface area contributed by atoms with Crippen molar-refractivity contribution in [2.75, 3.05) is 0 Å². The molecule has 78 valence electrons. The maximum atomic E-state index is 13.0. The molecule has 0 saturated heterocycles. The Labute approximate surface area is 91.6 Å². The van der Waals surface area contributed by atoms with Crippen LogP contribution < -0.4 is 5.73 Å². The molecule has 1 unspecified atom stereocenters. The second-order valence-electron chi connectivity index (χ2n) is 3.38. The Morgan fingerprint density at radius 1 is 1.47 bits per heavy atom. The van der Waals surface area contributed by atoms with Crippen molar-refractivity contribution in [2.24, 2.45) is 5.73 Å². The lowest BCUT2D eigenvalue weighted by Crippen LogP contribution is -2.04. The van der Waals surface area contributed by atoms with Gasteiger partial charge in [-0.15, -0.1) is 11.3 Å². The predicted octanol–water partition coefficient (Wildman–Crippen LogP) is 2.97. The minimum absolute atomic E-state index is 0.0800. The van der Waals surface area contributed by atoms with E-state index in [1.165, 1.54) is 23.5 Å². The number of aromatic nitrogens is 1. The van der Waals surface area contributed by atoms with Crippen LogP contribution in [0, 0.1) is 5.82 Å². The van der Waals surface area contributed by atoms with E-state index in [4.69, 9.17) is 5.73 Å². The standard InChI is InChI=1S/C11H11FN2S/c1-7(13)10-6-15-11(14-10)8-3-2-4-9(12)5-8/h2-7H,13H2,1H3. The summed E-state index contributed by atoms with van der Waals surface area (Å²) in [5.74, 6) is -0.245. The number of halogens is 1. The van der Waals surface area contributed by atoms with E-state index >= 15 is 0 Å². The molecule has 0 aliphatic carbocycles. The molecule has 0 aliphatic heterocycles. The largest absolute Gasteiger partial charge is 0.323 e. The summed E-state index contributed by atoms with van der Waals surface area (Å²) < 4.78 is 13.0. The number of nitrogens with two attached hydrogens (primary N) is 1. The molecule has 2 aromatic rings. The van der Waals surface area contributed by atoms with Crippen LogP contribution in [-0.4, -0.2) is 4.98 Å². The van der Waals surface area contributed by atoms with Crippen molar-refractivity contribution < 1.29 is 4.39 Å². The van der Waals surface area contributed by atoms with Crippen LogP contribution in [0.15, 0.2) is 29.6 Å². The molecule has 1 heterocycles. The maximum Gasteiger partial charge on any atom is 0.123 e. The second kappa shape index (κ2) is 4.08. The molecule has 0 amide bonds. The fraction of sp³-hybridized carbons (Fsp3) is 0.182. The van der Waals surface area contributed by atoms with Gasteiger partial charge in [0.1, 0.15) is 10.8 Å². The lowest BCUT2D eigenvalue weighted by Gasteiger charge is -1.98. The third-order valence-corrected chi connectivity index (χ3v) is 2.97. The molecule has 1 atom stereocenters. The Bertz CT molecular complexity index is 465. The minimum Gasteiger partial charge on any atom is -0.323 e. The van der Waals surface area contributed by atoms with Crippen molar-refractivity contribution >= 4 is 11.3 Å². The third-order valence-electron chi connectivity index (χ3n) is 2.06. The van der Waals surface area contributed by atoms with Crippen LogP contribution in [0.5, 0.6) is 0 Å². The van der Waals surface area contributed by atoms with E-state index in [1.54, 1.807) is 6.07 Å². The van der Waals surface area contributed by atoms with Gasteiger partial charge in [-0.25, -0.2) is 9.37 Å². The van der Waals surface area contributed by atoms with Crippen LogP contribution in [0.1, 0.15) is 18.7 Å². The lowest BCUT2D eigenvalue weighted by molar-refractivity contribution is 0.628. The highest BCUT2D eigenvalue weighted by Gasteiger charge is 2.07. The van der Waals surface area contributed by atoms with Crippen LogP contribution in [0.25, 0.3) is 10.6 Å². The van der Waals surface area contributed by atoms with Gasteiger partial charge in [0.15, 0.2) is 0 Å². The van der Waals surface area contributed by atoms with E-state index in [-0.39, 0.29) is 11.9 Å². The van der Waals surface area contributed by atoms with Gasteiger partial charge in [0.25, 0.3) is 0 Å². The fourth-order valence-corrected chi connectivity index (χ4v) is 2.17. The zero-order valence-corrected chi connectivity index (χ0v) is 9.09. The Hall–Kier alpha value is -1.26. The van der Waals surface area contributed by atoms with Crippen molar-refractivity contribution in [1.82, 2.24) is 4.98 Å². The van der Waals surface area contributed by atoms with E-state index < -0.39 is 0 Å². The first-order chi connectivity index (χ1) is 7.16. The van der Waals surface area contributed by atoms with E-state index in [0.717, 1.165) is 16.3 Å². The van der Waals surface area contributed by atoms with Gasteiger partial charge in [-0.3, -0.25) is 0 Å². The third kappa shape index (κ3) is 2.22. The van der Waals surface area contributed by atoms with Crippen molar-refractivity contribution in [2.45, 2.75) is 13.0 Å². The number of hydrogen-bond donors (Lipinski definition) is 1. The number of thiazole rings is 1. The van der Waals surface area contributed by atoms with E-state index in [0.29, 0.717) is 0 Å². The molecule has 2 nitrogen and oxygen atoms in total. The fourth-order valence-electron chi connectivity index (χ4n) is 1.25. The van der Waals surface area contributed by atoms with Crippen LogP contribution in [0.3, 0.4) is 0 Å². The molecule has 1 aromatic heterocycles. The number of nitrogens with zero attached hydrogens (tertiary/aromatic N) is 1. The van der Waals surface area contributed by atoms with E-state index in [1.807, 2.05) is 18.4 Å².